The Morgan fingerprint density at radius 1 is 1.31 bits per heavy atom. The van der Waals surface area contributed by atoms with Crippen LogP contribution in [0.1, 0.15) is 21.1 Å². The number of anilines is 1. The molecule has 4 aromatic rings. The van der Waals surface area contributed by atoms with E-state index in [1.807, 2.05) is 6.92 Å². The molecule has 0 aliphatic carbocycles. The number of thiophene rings is 1. The Morgan fingerprint density at radius 2 is 2.17 bits per heavy atom. The van der Waals surface area contributed by atoms with E-state index in [0.29, 0.717) is 38.3 Å². The fourth-order valence-electron chi connectivity index (χ4n) is 2.88. The second kappa shape index (κ2) is 7.89. The summed E-state index contributed by atoms with van der Waals surface area (Å²) >= 11 is 1.27. The first kappa shape index (κ1) is 18.9. The van der Waals surface area contributed by atoms with Crippen LogP contribution in [0.25, 0.3) is 16.0 Å². The Balaban J connectivity index is 1.73. The van der Waals surface area contributed by atoms with Crippen LogP contribution >= 0.6 is 11.3 Å². The van der Waals surface area contributed by atoms with E-state index in [9.17, 15) is 4.79 Å². The smallest absolute Gasteiger partial charge is 0.266 e. The Labute approximate surface area is 169 Å². The molecule has 1 amide bonds. The monoisotopic (exact) mass is 411 g/mol. The molecule has 11 heteroatoms. The molecule has 0 aliphatic rings. The molecule has 0 radical (unpaired) electrons. The zero-order chi connectivity index (χ0) is 20.4. The van der Waals surface area contributed by atoms with Gasteiger partial charge in [0.15, 0.2) is 11.6 Å². The molecular weight excluding hydrogens is 394 g/mol. The molecule has 0 aliphatic heterocycles. The molecule has 0 spiro atoms. The first-order valence-electron chi connectivity index (χ1n) is 8.56. The number of rotatable bonds is 6. The van der Waals surface area contributed by atoms with Gasteiger partial charge in [0, 0.05) is 13.3 Å². The van der Waals surface area contributed by atoms with Crippen LogP contribution in [0.4, 0.5) is 5.69 Å². The molecule has 10 nitrogen and oxygen atoms in total. The Kier molecular flexibility index (Phi) is 5.14. The lowest BCUT2D eigenvalue weighted by molar-refractivity contribution is 0.103. The van der Waals surface area contributed by atoms with Crippen LogP contribution in [0.15, 0.2) is 31.0 Å². The minimum Gasteiger partial charge on any atom is -0.480 e. The number of methoxy groups -OCH3 is 2. The highest BCUT2D eigenvalue weighted by atomic mass is 32.1. The van der Waals surface area contributed by atoms with Crippen LogP contribution in [0.2, 0.25) is 0 Å². The van der Waals surface area contributed by atoms with Gasteiger partial charge in [0.2, 0.25) is 5.88 Å². The summed E-state index contributed by atoms with van der Waals surface area (Å²) in [4.78, 5) is 31.3. The fourth-order valence-corrected chi connectivity index (χ4v) is 3.96. The van der Waals surface area contributed by atoms with E-state index >= 15 is 0 Å². The summed E-state index contributed by atoms with van der Waals surface area (Å²) < 4.78 is 12.0. The fraction of sp³-hybridized carbons (Fsp3) is 0.222. The van der Waals surface area contributed by atoms with Gasteiger partial charge in [-0.25, -0.2) is 19.6 Å². The number of hydrogen-bond acceptors (Lipinski definition) is 9. The maximum absolute atomic E-state index is 13.0. The van der Waals surface area contributed by atoms with Crippen molar-refractivity contribution < 1.29 is 14.3 Å². The quantitative estimate of drug-likeness (QED) is 0.514. The number of fused-ring (bicyclic) bond motifs is 1. The number of pyridine rings is 1. The van der Waals surface area contributed by atoms with Gasteiger partial charge in [0.05, 0.1) is 23.1 Å². The summed E-state index contributed by atoms with van der Waals surface area (Å²) in [6.07, 6.45) is 4.54. The molecule has 1 N–H and O–H groups in total. The number of hydrogen-bond donors (Lipinski definition) is 1. The van der Waals surface area contributed by atoms with Gasteiger partial charge < -0.3 is 14.8 Å². The van der Waals surface area contributed by atoms with E-state index in [4.69, 9.17) is 9.47 Å². The molecule has 0 unspecified atom stereocenters. The molecule has 0 atom stereocenters. The number of aromatic nitrogens is 6. The number of carbonyl (C=O) groups excluding carboxylic acids is 1. The van der Waals surface area contributed by atoms with Crippen LogP contribution in [0, 0.1) is 6.92 Å². The molecule has 0 aromatic carbocycles. The molecule has 4 aromatic heterocycles. The van der Waals surface area contributed by atoms with Crippen molar-refractivity contribution in [3.63, 3.8) is 0 Å². The molecule has 0 fully saturated rings. The van der Waals surface area contributed by atoms with Crippen molar-refractivity contribution in [3.05, 3.63) is 47.2 Å². The summed E-state index contributed by atoms with van der Waals surface area (Å²) in [5, 5.41) is 7.69. The summed E-state index contributed by atoms with van der Waals surface area (Å²) in [5.41, 5.74) is 1.26. The first-order chi connectivity index (χ1) is 14.1. The highest BCUT2D eigenvalue weighted by molar-refractivity contribution is 7.20. The highest BCUT2D eigenvalue weighted by Gasteiger charge is 2.22. The van der Waals surface area contributed by atoms with Gasteiger partial charge in [-0.05, 0) is 24.6 Å². The summed E-state index contributed by atoms with van der Waals surface area (Å²) in [6, 6.07) is 3.49. The normalized spacial score (nSPS) is 11.0. The molecule has 0 saturated carbocycles. The summed E-state index contributed by atoms with van der Waals surface area (Å²) in [6.45, 7) is 2.10. The van der Waals surface area contributed by atoms with Gasteiger partial charge >= 0.3 is 0 Å². The maximum atomic E-state index is 13.0. The third-order valence-corrected chi connectivity index (χ3v) is 5.33. The van der Waals surface area contributed by atoms with E-state index in [1.165, 1.54) is 35.8 Å². The van der Waals surface area contributed by atoms with Gasteiger partial charge in [-0.3, -0.25) is 4.79 Å². The predicted molar refractivity (Wildman–Crippen MR) is 107 cm³/mol. The Bertz CT molecular complexity index is 1170. The molecule has 148 valence electrons. The SMILES string of the molecule is COCc1nc(OC)c2c(C)c(C(=O)Nc3cccnc3-n3cncn3)sc2n1. The van der Waals surface area contributed by atoms with Crippen LogP contribution in [0.3, 0.4) is 0 Å². The van der Waals surface area contributed by atoms with Crippen molar-refractivity contribution in [1.29, 1.82) is 0 Å². The summed E-state index contributed by atoms with van der Waals surface area (Å²) in [5.74, 6) is 1.09. The number of ether oxygens (including phenoxy) is 2. The average molecular weight is 411 g/mol. The molecule has 4 rings (SSSR count). The van der Waals surface area contributed by atoms with Gasteiger partial charge in [0.25, 0.3) is 5.91 Å². The van der Waals surface area contributed by atoms with Gasteiger partial charge in [-0.15, -0.1) is 11.3 Å². The van der Waals surface area contributed by atoms with Gasteiger partial charge in [-0.2, -0.15) is 10.1 Å². The molecule has 4 heterocycles. The highest BCUT2D eigenvalue weighted by Crippen LogP contribution is 2.35. The van der Waals surface area contributed by atoms with Crippen LogP contribution in [0.5, 0.6) is 5.88 Å². The zero-order valence-corrected chi connectivity index (χ0v) is 16.7. The number of nitrogens with one attached hydrogen (secondary N) is 1. The number of carbonyl (C=O) groups is 1. The van der Waals surface area contributed by atoms with E-state index in [2.05, 4.69) is 30.4 Å². The molecule has 29 heavy (non-hydrogen) atoms. The third kappa shape index (κ3) is 3.52. The lowest BCUT2D eigenvalue weighted by atomic mass is 10.2. The van der Waals surface area contributed by atoms with Gasteiger partial charge in [0.1, 0.15) is 24.1 Å². The van der Waals surface area contributed by atoms with Crippen molar-refractivity contribution in [1.82, 2.24) is 29.7 Å². The zero-order valence-electron chi connectivity index (χ0n) is 15.9. The van der Waals surface area contributed by atoms with Crippen LogP contribution in [-0.2, 0) is 11.3 Å². The first-order valence-corrected chi connectivity index (χ1v) is 9.38. The number of amides is 1. The second-order valence-corrected chi connectivity index (χ2v) is 6.99. The van der Waals surface area contributed by atoms with Gasteiger partial charge in [-0.1, -0.05) is 0 Å². The Morgan fingerprint density at radius 3 is 2.90 bits per heavy atom. The number of nitrogens with zero attached hydrogens (tertiary/aromatic N) is 6. The molecular formula is C18H17N7O3S. The average Bonchev–Trinajstić information content (AvgIpc) is 3.36. The van der Waals surface area contributed by atoms with Crippen molar-refractivity contribution in [2.45, 2.75) is 13.5 Å². The lowest BCUT2D eigenvalue weighted by Gasteiger charge is -2.09. The molecule has 0 bridgehead atoms. The standard InChI is InChI=1S/C18H17N7O3S/c1-10-13-17(28-3)23-12(7-27-2)24-18(13)29-14(10)16(26)22-11-5-4-6-20-15(11)25-9-19-8-21-25/h4-6,8-9H,7H2,1-3H3,(H,22,26). The topological polar surface area (TPSA) is 117 Å². The lowest BCUT2D eigenvalue weighted by Crippen LogP contribution is -2.14. The van der Waals surface area contributed by atoms with Crippen molar-refractivity contribution in [3.8, 4) is 11.7 Å². The largest absolute Gasteiger partial charge is 0.480 e. The predicted octanol–water partition coefficient (Wildman–Crippen LogP) is 2.38. The van der Waals surface area contributed by atoms with Crippen molar-refractivity contribution in [2.24, 2.45) is 0 Å². The van der Waals surface area contributed by atoms with Crippen LogP contribution < -0.4 is 10.1 Å². The Hall–Kier alpha value is -3.44. The van der Waals surface area contributed by atoms with E-state index in [1.54, 1.807) is 25.4 Å². The minimum absolute atomic E-state index is 0.252. The van der Waals surface area contributed by atoms with E-state index < -0.39 is 0 Å². The summed E-state index contributed by atoms with van der Waals surface area (Å²) in [7, 11) is 3.11. The third-order valence-electron chi connectivity index (χ3n) is 4.15. The maximum Gasteiger partial charge on any atom is 0.266 e. The van der Waals surface area contributed by atoms with Crippen LogP contribution in [-0.4, -0.2) is 49.8 Å². The van der Waals surface area contributed by atoms with Crippen molar-refractivity contribution in [2.75, 3.05) is 19.5 Å². The van der Waals surface area contributed by atoms with E-state index in [0.717, 1.165) is 5.56 Å². The number of aryl methyl sites for hydroxylation is 1. The molecule has 0 saturated heterocycles. The minimum atomic E-state index is -0.282. The van der Waals surface area contributed by atoms with Crippen molar-refractivity contribution >= 4 is 33.1 Å². The second-order valence-electron chi connectivity index (χ2n) is 5.99. The van der Waals surface area contributed by atoms with E-state index in [-0.39, 0.29) is 12.5 Å².